The van der Waals surface area contributed by atoms with Crippen molar-refractivity contribution in [1.82, 2.24) is 9.55 Å². The molecule has 2 heterocycles. The van der Waals surface area contributed by atoms with Gasteiger partial charge in [-0.1, -0.05) is 49.9 Å². The van der Waals surface area contributed by atoms with Crippen molar-refractivity contribution in [3.05, 3.63) is 46.8 Å². The molecule has 1 unspecified atom stereocenters. The number of benzene rings is 2. The van der Waals surface area contributed by atoms with Gasteiger partial charge < -0.3 is 9.64 Å². The average molecular weight is 413 g/mol. The van der Waals surface area contributed by atoms with Gasteiger partial charge in [-0.15, -0.1) is 0 Å². The molecule has 5 nitrogen and oxygen atoms in total. The summed E-state index contributed by atoms with van der Waals surface area (Å²) in [5, 5.41) is 3.67. The molecule has 1 aliphatic heterocycles. The molecule has 0 spiro atoms. The molecule has 154 valence electrons. The lowest BCUT2D eigenvalue weighted by atomic mass is 10.1. The van der Waals surface area contributed by atoms with Crippen molar-refractivity contribution >= 4 is 33.4 Å². The quantitative estimate of drug-likeness (QED) is 0.384. The van der Waals surface area contributed by atoms with Gasteiger partial charge in [0.05, 0.1) is 24.1 Å². The van der Waals surface area contributed by atoms with E-state index >= 15 is 0 Å². The van der Waals surface area contributed by atoms with E-state index in [0.717, 1.165) is 46.9 Å². The standard InChI is InChI=1S/C23H29N3O2S/c1-4-26-22(27)20-11-17-7-5-6-8-18(17)12-21(20)24-23(26)29-15-19-14-25(9-10-28-19)13-16(2)3/h5-8,11-12,16,19H,4,9-10,13-15H2,1-3H3/p+1/t19-/m1/s1. The van der Waals surface area contributed by atoms with Crippen molar-refractivity contribution in [1.29, 1.82) is 0 Å². The lowest BCUT2D eigenvalue weighted by molar-refractivity contribution is -0.914. The summed E-state index contributed by atoms with van der Waals surface area (Å²) in [6.45, 7) is 11.3. The minimum absolute atomic E-state index is 0.0439. The first kappa shape index (κ1) is 20.4. The van der Waals surface area contributed by atoms with Gasteiger partial charge in [0.2, 0.25) is 0 Å². The number of thioether (sulfide) groups is 1. The van der Waals surface area contributed by atoms with Crippen LogP contribution in [0.15, 0.2) is 46.3 Å². The molecule has 0 radical (unpaired) electrons. The third-order valence-electron chi connectivity index (χ3n) is 5.52. The van der Waals surface area contributed by atoms with Gasteiger partial charge in [0, 0.05) is 18.2 Å². The van der Waals surface area contributed by atoms with Crippen LogP contribution in [-0.4, -0.2) is 47.6 Å². The average Bonchev–Trinajstić information content (AvgIpc) is 2.71. The van der Waals surface area contributed by atoms with Crippen molar-refractivity contribution in [2.24, 2.45) is 5.92 Å². The number of morpholine rings is 1. The van der Waals surface area contributed by atoms with Gasteiger partial charge >= 0.3 is 0 Å². The molecule has 1 N–H and O–H groups in total. The van der Waals surface area contributed by atoms with Crippen LogP contribution in [0.2, 0.25) is 0 Å². The fourth-order valence-corrected chi connectivity index (χ4v) is 5.25. The Morgan fingerprint density at radius 3 is 2.76 bits per heavy atom. The van der Waals surface area contributed by atoms with Gasteiger partial charge in [-0.05, 0) is 29.8 Å². The highest BCUT2D eigenvalue weighted by Crippen LogP contribution is 2.23. The molecule has 1 fully saturated rings. The molecule has 0 amide bonds. The third-order valence-corrected chi connectivity index (χ3v) is 6.63. The van der Waals surface area contributed by atoms with Crippen molar-refractivity contribution in [3.63, 3.8) is 0 Å². The smallest absolute Gasteiger partial charge is 0.262 e. The van der Waals surface area contributed by atoms with Gasteiger partial charge in [-0.2, -0.15) is 0 Å². The van der Waals surface area contributed by atoms with E-state index in [9.17, 15) is 4.79 Å². The minimum Gasteiger partial charge on any atom is -0.366 e. The topological polar surface area (TPSA) is 48.6 Å². The predicted molar refractivity (Wildman–Crippen MR) is 120 cm³/mol. The number of aromatic nitrogens is 2. The Labute approximate surface area is 176 Å². The summed E-state index contributed by atoms with van der Waals surface area (Å²) in [5.41, 5.74) is 0.819. The van der Waals surface area contributed by atoms with E-state index in [1.165, 1.54) is 6.54 Å². The highest BCUT2D eigenvalue weighted by Gasteiger charge is 2.25. The van der Waals surface area contributed by atoms with Crippen molar-refractivity contribution in [2.45, 2.75) is 38.6 Å². The summed E-state index contributed by atoms with van der Waals surface area (Å²) in [7, 11) is 0. The van der Waals surface area contributed by atoms with Crippen molar-refractivity contribution in [2.75, 3.05) is 32.0 Å². The van der Waals surface area contributed by atoms with E-state index in [0.29, 0.717) is 17.8 Å². The summed E-state index contributed by atoms with van der Waals surface area (Å²) in [4.78, 5) is 19.6. The van der Waals surface area contributed by atoms with Crippen LogP contribution in [0.25, 0.3) is 21.7 Å². The summed E-state index contributed by atoms with van der Waals surface area (Å²) in [6, 6.07) is 12.1. The van der Waals surface area contributed by atoms with E-state index in [2.05, 4.69) is 19.9 Å². The second-order valence-corrected chi connectivity index (χ2v) is 9.25. The van der Waals surface area contributed by atoms with Crippen molar-refractivity contribution in [3.8, 4) is 0 Å². The zero-order valence-electron chi connectivity index (χ0n) is 17.5. The zero-order chi connectivity index (χ0) is 20.4. The van der Waals surface area contributed by atoms with E-state index in [-0.39, 0.29) is 11.7 Å². The Hall–Kier alpha value is -1.89. The number of quaternary nitrogens is 1. The number of nitrogens with zero attached hydrogens (tertiary/aromatic N) is 2. The van der Waals surface area contributed by atoms with Crippen LogP contribution in [0.3, 0.4) is 0 Å². The fraction of sp³-hybridized carbons (Fsp3) is 0.478. The van der Waals surface area contributed by atoms with Crippen LogP contribution in [-0.2, 0) is 11.3 Å². The monoisotopic (exact) mass is 412 g/mol. The van der Waals surface area contributed by atoms with Gasteiger partial charge in [0.15, 0.2) is 5.16 Å². The van der Waals surface area contributed by atoms with E-state index in [4.69, 9.17) is 9.72 Å². The lowest BCUT2D eigenvalue weighted by Crippen LogP contribution is -3.15. The molecule has 1 saturated heterocycles. The van der Waals surface area contributed by atoms with Crippen LogP contribution in [0, 0.1) is 5.92 Å². The Morgan fingerprint density at radius 1 is 1.28 bits per heavy atom. The summed E-state index contributed by atoms with van der Waals surface area (Å²) in [6.07, 6.45) is 0.206. The van der Waals surface area contributed by atoms with E-state index in [1.54, 1.807) is 21.2 Å². The molecular weight excluding hydrogens is 382 g/mol. The van der Waals surface area contributed by atoms with Crippen LogP contribution in [0.1, 0.15) is 20.8 Å². The molecule has 2 aromatic carbocycles. The van der Waals surface area contributed by atoms with Gasteiger partial charge in [0.1, 0.15) is 19.2 Å². The lowest BCUT2D eigenvalue weighted by Gasteiger charge is -2.31. The van der Waals surface area contributed by atoms with Gasteiger partial charge in [-0.3, -0.25) is 9.36 Å². The first-order valence-corrected chi connectivity index (χ1v) is 11.5. The molecule has 1 aliphatic rings. The van der Waals surface area contributed by atoms with Crippen LogP contribution >= 0.6 is 11.8 Å². The SMILES string of the molecule is CCn1c(SC[C@H]2C[NH+](CC(C)C)CCO2)nc2cc3ccccc3cc2c1=O. The number of hydrogen-bond donors (Lipinski definition) is 1. The number of nitrogens with one attached hydrogen (secondary N) is 1. The van der Waals surface area contributed by atoms with Crippen LogP contribution < -0.4 is 10.5 Å². The number of hydrogen-bond acceptors (Lipinski definition) is 4. The first-order chi connectivity index (χ1) is 14.0. The fourth-order valence-electron chi connectivity index (χ4n) is 4.17. The number of ether oxygens (including phenoxy) is 1. The Balaban J connectivity index is 1.59. The summed E-state index contributed by atoms with van der Waals surface area (Å²) < 4.78 is 7.80. The predicted octanol–water partition coefficient (Wildman–Crippen LogP) is 2.60. The van der Waals surface area contributed by atoms with Crippen LogP contribution in [0.4, 0.5) is 0 Å². The van der Waals surface area contributed by atoms with Crippen molar-refractivity contribution < 1.29 is 9.64 Å². The maximum atomic E-state index is 13.1. The zero-order valence-corrected chi connectivity index (χ0v) is 18.3. The Morgan fingerprint density at radius 2 is 2.03 bits per heavy atom. The number of fused-ring (bicyclic) bond motifs is 2. The summed E-state index contributed by atoms with van der Waals surface area (Å²) in [5.74, 6) is 1.52. The first-order valence-electron chi connectivity index (χ1n) is 10.6. The molecule has 6 heteroatoms. The molecule has 1 aromatic heterocycles. The van der Waals surface area contributed by atoms with E-state index in [1.807, 2.05) is 37.3 Å². The molecule has 0 bridgehead atoms. The van der Waals surface area contributed by atoms with Gasteiger partial charge in [-0.25, -0.2) is 4.98 Å². The summed E-state index contributed by atoms with van der Waals surface area (Å²) >= 11 is 1.65. The molecule has 0 saturated carbocycles. The van der Waals surface area contributed by atoms with E-state index < -0.39 is 0 Å². The highest BCUT2D eigenvalue weighted by atomic mass is 32.2. The number of rotatable bonds is 6. The molecule has 3 aromatic rings. The molecular formula is C23H30N3O2S+. The largest absolute Gasteiger partial charge is 0.366 e. The Kier molecular flexibility index (Phi) is 6.23. The molecule has 0 aliphatic carbocycles. The second kappa shape index (κ2) is 8.86. The molecule has 29 heavy (non-hydrogen) atoms. The maximum Gasteiger partial charge on any atom is 0.262 e. The second-order valence-electron chi connectivity index (χ2n) is 8.27. The highest BCUT2D eigenvalue weighted by molar-refractivity contribution is 7.99. The third kappa shape index (κ3) is 4.49. The maximum absolute atomic E-state index is 13.1. The molecule has 2 atom stereocenters. The Bertz CT molecular complexity index is 1060. The van der Waals surface area contributed by atoms with Crippen LogP contribution in [0.5, 0.6) is 0 Å². The minimum atomic E-state index is 0.0439. The molecule has 4 rings (SSSR count). The normalized spacial score (nSPS) is 20.0. The van der Waals surface area contributed by atoms with Gasteiger partial charge in [0.25, 0.3) is 5.56 Å².